The lowest BCUT2D eigenvalue weighted by molar-refractivity contribution is -0.100. The summed E-state index contributed by atoms with van der Waals surface area (Å²) in [7, 11) is 0. The molecule has 112 valence electrons. The number of halogens is 1. The molecule has 0 bridgehead atoms. The lowest BCUT2D eigenvalue weighted by Crippen LogP contribution is -2.51. The van der Waals surface area contributed by atoms with E-state index >= 15 is 0 Å². The van der Waals surface area contributed by atoms with Gasteiger partial charge in [-0.2, -0.15) is 0 Å². The van der Waals surface area contributed by atoms with Crippen molar-refractivity contribution in [3.63, 3.8) is 0 Å². The molecule has 0 amide bonds. The molecule has 1 aliphatic carbocycles. The Hall–Kier alpha value is -0.930. The van der Waals surface area contributed by atoms with Gasteiger partial charge in [-0.3, -0.25) is 0 Å². The Morgan fingerprint density at radius 3 is 2.45 bits per heavy atom. The summed E-state index contributed by atoms with van der Waals surface area (Å²) in [5, 5.41) is 11.1. The van der Waals surface area contributed by atoms with Crippen LogP contribution in [-0.4, -0.2) is 11.7 Å². The number of nitrogens with two attached hydrogens (primary N) is 1. The van der Waals surface area contributed by atoms with Crippen LogP contribution in [0.15, 0.2) is 24.3 Å². The quantitative estimate of drug-likeness (QED) is 0.885. The van der Waals surface area contributed by atoms with Crippen LogP contribution in [0.1, 0.15) is 51.5 Å². The van der Waals surface area contributed by atoms with E-state index in [1.807, 2.05) is 0 Å². The SMILES string of the molecule is CCC1CCC(CN)(C(C)(O)c2ccccc2F)CC1. The Morgan fingerprint density at radius 2 is 1.95 bits per heavy atom. The van der Waals surface area contributed by atoms with Crippen LogP contribution >= 0.6 is 0 Å². The third kappa shape index (κ3) is 2.49. The second kappa shape index (κ2) is 5.82. The molecule has 0 radical (unpaired) electrons. The Balaban J connectivity index is 2.33. The number of aliphatic hydroxyl groups is 1. The average Bonchev–Trinajstić information content (AvgIpc) is 2.47. The molecule has 1 atom stereocenters. The zero-order chi connectivity index (χ0) is 14.8. The molecule has 1 fully saturated rings. The number of hydrogen-bond acceptors (Lipinski definition) is 2. The summed E-state index contributed by atoms with van der Waals surface area (Å²) < 4.78 is 14.1. The third-order valence-corrected chi connectivity index (χ3v) is 5.46. The van der Waals surface area contributed by atoms with E-state index in [9.17, 15) is 9.50 Å². The van der Waals surface area contributed by atoms with Crippen molar-refractivity contribution >= 4 is 0 Å². The molecule has 0 heterocycles. The Kier molecular flexibility index (Phi) is 4.50. The van der Waals surface area contributed by atoms with E-state index in [2.05, 4.69) is 6.92 Å². The third-order valence-electron chi connectivity index (χ3n) is 5.46. The fourth-order valence-corrected chi connectivity index (χ4v) is 3.67. The molecule has 3 heteroatoms. The number of rotatable bonds is 4. The zero-order valence-corrected chi connectivity index (χ0v) is 12.5. The van der Waals surface area contributed by atoms with Crippen molar-refractivity contribution in [2.45, 2.75) is 51.6 Å². The normalized spacial score (nSPS) is 29.9. The van der Waals surface area contributed by atoms with Crippen LogP contribution in [0.25, 0.3) is 0 Å². The van der Waals surface area contributed by atoms with E-state index in [1.54, 1.807) is 25.1 Å². The minimum atomic E-state index is -1.22. The van der Waals surface area contributed by atoms with Crippen molar-refractivity contribution in [1.82, 2.24) is 0 Å². The summed E-state index contributed by atoms with van der Waals surface area (Å²) >= 11 is 0. The van der Waals surface area contributed by atoms with Crippen molar-refractivity contribution in [3.05, 3.63) is 35.6 Å². The molecule has 2 rings (SSSR count). The van der Waals surface area contributed by atoms with Gasteiger partial charge in [0.05, 0.1) is 5.60 Å². The molecule has 2 nitrogen and oxygen atoms in total. The van der Waals surface area contributed by atoms with Crippen LogP contribution in [-0.2, 0) is 5.60 Å². The molecule has 0 aromatic heterocycles. The van der Waals surface area contributed by atoms with Gasteiger partial charge in [-0.05, 0) is 44.6 Å². The fraction of sp³-hybridized carbons (Fsp3) is 0.647. The second-order valence-corrected chi connectivity index (χ2v) is 6.39. The maximum Gasteiger partial charge on any atom is 0.129 e. The molecule has 1 unspecified atom stereocenters. The molecular formula is C17H26FNO. The predicted octanol–water partition coefficient (Wildman–Crippen LogP) is 3.58. The first-order valence-electron chi connectivity index (χ1n) is 7.64. The largest absolute Gasteiger partial charge is 0.385 e. The lowest BCUT2D eigenvalue weighted by Gasteiger charge is -2.49. The van der Waals surface area contributed by atoms with Crippen LogP contribution in [0.4, 0.5) is 4.39 Å². The van der Waals surface area contributed by atoms with Crippen molar-refractivity contribution in [2.75, 3.05) is 6.54 Å². The maximum absolute atomic E-state index is 14.1. The first-order valence-corrected chi connectivity index (χ1v) is 7.64. The van der Waals surface area contributed by atoms with Gasteiger partial charge in [-0.1, -0.05) is 31.5 Å². The molecule has 0 aliphatic heterocycles. The van der Waals surface area contributed by atoms with Gasteiger partial charge in [0, 0.05) is 17.5 Å². The van der Waals surface area contributed by atoms with Gasteiger partial charge in [0.1, 0.15) is 5.82 Å². The van der Waals surface area contributed by atoms with E-state index in [-0.39, 0.29) is 5.82 Å². The van der Waals surface area contributed by atoms with E-state index in [0.29, 0.717) is 18.0 Å². The highest BCUT2D eigenvalue weighted by Gasteiger charge is 2.49. The van der Waals surface area contributed by atoms with E-state index < -0.39 is 11.0 Å². The first-order chi connectivity index (χ1) is 9.47. The smallest absolute Gasteiger partial charge is 0.129 e. The summed E-state index contributed by atoms with van der Waals surface area (Å²) in [5.74, 6) is 0.369. The van der Waals surface area contributed by atoms with Gasteiger partial charge in [0.2, 0.25) is 0 Å². The summed E-state index contributed by atoms with van der Waals surface area (Å²) in [6, 6.07) is 6.51. The van der Waals surface area contributed by atoms with E-state index in [4.69, 9.17) is 5.73 Å². The van der Waals surface area contributed by atoms with Gasteiger partial charge in [0.25, 0.3) is 0 Å². The summed E-state index contributed by atoms with van der Waals surface area (Å²) in [5.41, 5.74) is 4.76. The van der Waals surface area contributed by atoms with Gasteiger partial charge < -0.3 is 10.8 Å². The van der Waals surface area contributed by atoms with Gasteiger partial charge in [-0.25, -0.2) is 4.39 Å². The lowest BCUT2D eigenvalue weighted by atomic mass is 9.59. The van der Waals surface area contributed by atoms with Crippen LogP contribution in [0.3, 0.4) is 0 Å². The van der Waals surface area contributed by atoms with Crippen LogP contribution in [0.5, 0.6) is 0 Å². The van der Waals surface area contributed by atoms with Gasteiger partial charge in [0.15, 0.2) is 0 Å². The van der Waals surface area contributed by atoms with Crippen molar-refractivity contribution < 1.29 is 9.50 Å². The summed E-state index contributed by atoms with van der Waals surface area (Å²) in [4.78, 5) is 0. The first kappa shape index (κ1) is 15.5. The Labute approximate surface area is 121 Å². The monoisotopic (exact) mass is 279 g/mol. The summed E-state index contributed by atoms with van der Waals surface area (Å²) in [6.45, 7) is 4.32. The van der Waals surface area contributed by atoms with Crippen LogP contribution < -0.4 is 5.73 Å². The molecule has 1 saturated carbocycles. The van der Waals surface area contributed by atoms with Gasteiger partial charge in [-0.15, -0.1) is 0 Å². The highest BCUT2D eigenvalue weighted by Crippen LogP contribution is 2.51. The summed E-state index contributed by atoms with van der Waals surface area (Å²) in [6.07, 6.45) is 5.03. The highest BCUT2D eigenvalue weighted by atomic mass is 19.1. The molecule has 20 heavy (non-hydrogen) atoms. The average molecular weight is 279 g/mol. The van der Waals surface area contributed by atoms with E-state index in [0.717, 1.165) is 25.7 Å². The second-order valence-electron chi connectivity index (χ2n) is 6.39. The molecule has 3 N–H and O–H groups in total. The van der Waals surface area contributed by atoms with Crippen LogP contribution in [0, 0.1) is 17.2 Å². The molecular weight excluding hydrogens is 253 g/mol. The maximum atomic E-state index is 14.1. The van der Waals surface area contributed by atoms with Crippen LogP contribution in [0.2, 0.25) is 0 Å². The minimum Gasteiger partial charge on any atom is -0.385 e. The fourth-order valence-electron chi connectivity index (χ4n) is 3.67. The standard InChI is InChI=1S/C17H26FNO/c1-3-13-8-10-17(12-19,11-9-13)16(2,20)14-6-4-5-7-15(14)18/h4-7,13,20H,3,8-12,19H2,1-2H3. The van der Waals surface area contributed by atoms with Gasteiger partial charge >= 0.3 is 0 Å². The highest BCUT2D eigenvalue weighted by molar-refractivity contribution is 5.27. The number of hydrogen-bond donors (Lipinski definition) is 2. The molecule has 1 aromatic carbocycles. The molecule has 0 saturated heterocycles. The molecule has 1 aromatic rings. The Morgan fingerprint density at radius 1 is 1.35 bits per heavy atom. The zero-order valence-electron chi connectivity index (χ0n) is 12.5. The van der Waals surface area contributed by atoms with Crippen molar-refractivity contribution in [2.24, 2.45) is 17.1 Å². The Bertz CT molecular complexity index is 450. The molecule has 0 spiro atoms. The minimum absolute atomic E-state index is 0.345. The van der Waals surface area contributed by atoms with Crippen molar-refractivity contribution in [3.8, 4) is 0 Å². The predicted molar refractivity (Wildman–Crippen MR) is 79.7 cm³/mol. The molecule has 1 aliphatic rings. The van der Waals surface area contributed by atoms with Crippen molar-refractivity contribution in [1.29, 1.82) is 0 Å². The number of benzene rings is 1. The van der Waals surface area contributed by atoms with E-state index in [1.165, 1.54) is 12.5 Å². The topological polar surface area (TPSA) is 46.2 Å².